The van der Waals surface area contributed by atoms with Gasteiger partial charge in [-0.3, -0.25) is 5.41 Å². The van der Waals surface area contributed by atoms with Crippen molar-refractivity contribution < 1.29 is 14.6 Å². The first-order valence-electron chi connectivity index (χ1n) is 6.99. The lowest BCUT2D eigenvalue weighted by Gasteiger charge is -2.10. The molecule has 0 amide bonds. The average Bonchev–Trinajstić information content (AvgIpc) is 2.53. The molecule has 1 aromatic carbocycles. The first-order valence-corrected chi connectivity index (χ1v) is 6.99. The zero-order valence-corrected chi connectivity index (χ0v) is 12.5. The monoisotopic (exact) mass is 312 g/mol. The van der Waals surface area contributed by atoms with Crippen LogP contribution in [-0.2, 0) is 0 Å². The Hall–Kier alpha value is -3.14. The van der Waals surface area contributed by atoms with Gasteiger partial charge in [0.25, 0.3) is 0 Å². The number of benzene rings is 1. The maximum atomic E-state index is 11.0. The van der Waals surface area contributed by atoms with Gasteiger partial charge < -0.3 is 14.8 Å². The predicted octanol–water partition coefficient (Wildman–Crippen LogP) is 2.18. The van der Waals surface area contributed by atoms with Gasteiger partial charge in [0, 0.05) is 24.0 Å². The summed E-state index contributed by atoms with van der Waals surface area (Å²) >= 11 is 0. The van der Waals surface area contributed by atoms with Crippen LogP contribution in [0.5, 0.6) is 5.75 Å². The molecule has 1 heterocycles. The number of carbonyl (C=O) groups is 1. The second kappa shape index (κ2) is 7.22. The fraction of sp³-hybridized carbons (Fsp3) is 0.250. The Morgan fingerprint density at radius 1 is 1.48 bits per heavy atom. The minimum absolute atomic E-state index is 0.0296. The van der Waals surface area contributed by atoms with Gasteiger partial charge in [0.05, 0.1) is 12.7 Å². The van der Waals surface area contributed by atoms with E-state index in [4.69, 9.17) is 20.5 Å². The van der Waals surface area contributed by atoms with Gasteiger partial charge in [-0.25, -0.2) is 9.78 Å². The molecule has 0 saturated carbocycles. The van der Waals surface area contributed by atoms with Gasteiger partial charge in [-0.15, -0.1) is 0 Å². The molecule has 23 heavy (non-hydrogen) atoms. The molecule has 0 radical (unpaired) electrons. The van der Waals surface area contributed by atoms with Crippen LogP contribution in [-0.4, -0.2) is 27.7 Å². The summed E-state index contributed by atoms with van der Waals surface area (Å²) in [7, 11) is 0. The summed E-state index contributed by atoms with van der Waals surface area (Å²) in [6.07, 6.45) is 0.436. The van der Waals surface area contributed by atoms with Gasteiger partial charge in [-0.1, -0.05) is 6.92 Å². The number of nitriles is 1. The van der Waals surface area contributed by atoms with E-state index in [1.807, 2.05) is 6.92 Å². The number of aromatic carboxylic acids is 1. The number of carboxylic acids is 1. The highest BCUT2D eigenvalue weighted by Gasteiger charge is 2.09. The van der Waals surface area contributed by atoms with Crippen molar-refractivity contribution in [2.75, 3.05) is 6.61 Å². The first-order chi connectivity index (χ1) is 11.0. The molecule has 2 aromatic rings. The number of aromatic amines is 1. The third kappa shape index (κ3) is 4.41. The van der Waals surface area contributed by atoms with Crippen LogP contribution in [0.1, 0.15) is 23.8 Å². The first kappa shape index (κ1) is 16.2. The van der Waals surface area contributed by atoms with Crippen LogP contribution in [0.25, 0.3) is 11.4 Å². The molecule has 3 N–H and O–H groups in total. The van der Waals surface area contributed by atoms with Crippen molar-refractivity contribution in [1.29, 1.82) is 10.7 Å². The van der Waals surface area contributed by atoms with E-state index in [0.717, 1.165) is 6.07 Å². The number of carboxylic acid groups (broad SMARTS) is 1. The predicted molar refractivity (Wildman–Crippen MR) is 81.7 cm³/mol. The molecule has 2 rings (SSSR count). The van der Waals surface area contributed by atoms with E-state index in [-0.39, 0.29) is 17.1 Å². The molecule has 0 fully saturated rings. The highest BCUT2D eigenvalue weighted by atomic mass is 16.5. The van der Waals surface area contributed by atoms with Crippen LogP contribution in [0.15, 0.2) is 30.3 Å². The summed E-state index contributed by atoms with van der Waals surface area (Å²) < 4.78 is 5.58. The van der Waals surface area contributed by atoms with Gasteiger partial charge in [-0.2, -0.15) is 5.26 Å². The second-order valence-electron chi connectivity index (χ2n) is 5.14. The number of H-pyrrole nitrogens is 1. The average molecular weight is 312 g/mol. The number of ether oxygens (including phenoxy) is 1. The summed E-state index contributed by atoms with van der Waals surface area (Å²) in [5, 5.41) is 25.2. The molecule has 1 unspecified atom stereocenters. The van der Waals surface area contributed by atoms with E-state index in [9.17, 15) is 4.79 Å². The zero-order chi connectivity index (χ0) is 16.8. The summed E-state index contributed by atoms with van der Waals surface area (Å²) in [5.41, 5.74) is 0.437. The lowest BCUT2D eigenvalue weighted by atomic mass is 10.1. The lowest BCUT2D eigenvalue weighted by Crippen LogP contribution is -2.13. The molecule has 7 heteroatoms. The fourth-order valence-electron chi connectivity index (χ4n) is 1.89. The Labute approximate surface area is 132 Å². The Bertz CT molecular complexity index is 790. The quantitative estimate of drug-likeness (QED) is 0.754. The molecule has 7 nitrogen and oxygen atoms in total. The van der Waals surface area contributed by atoms with E-state index < -0.39 is 5.97 Å². The van der Waals surface area contributed by atoms with Crippen LogP contribution in [0, 0.1) is 22.7 Å². The Morgan fingerprint density at radius 2 is 2.17 bits per heavy atom. The largest absolute Gasteiger partial charge is 0.493 e. The molecule has 1 atom stereocenters. The highest BCUT2D eigenvalue weighted by molar-refractivity contribution is 5.85. The molecule has 0 bridgehead atoms. The van der Waals surface area contributed by atoms with Gasteiger partial charge in [0.1, 0.15) is 17.1 Å². The van der Waals surface area contributed by atoms with Gasteiger partial charge in [-0.05, 0) is 24.3 Å². The SMILES string of the molecule is CC(CC#N)COc1ccc(-c2nc(C(=O)O)cc(=N)[nH]2)cc1. The van der Waals surface area contributed by atoms with Crippen molar-refractivity contribution in [3.8, 4) is 23.2 Å². The summed E-state index contributed by atoms with van der Waals surface area (Å²) in [5.74, 6) is -0.0775. The molecule has 118 valence electrons. The maximum Gasteiger partial charge on any atom is 0.354 e. The highest BCUT2D eigenvalue weighted by Crippen LogP contribution is 2.19. The van der Waals surface area contributed by atoms with Crippen molar-refractivity contribution in [2.24, 2.45) is 5.92 Å². The standard InChI is InChI=1S/C16H16N4O3/c1-10(6-7-17)9-23-12-4-2-11(3-5-12)15-19-13(16(21)22)8-14(18)20-15/h2-5,8,10H,6,9H2,1H3,(H,21,22)(H2,18,19,20). The van der Waals surface area contributed by atoms with E-state index in [0.29, 0.717) is 30.2 Å². The molecule has 0 spiro atoms. The van der Waals surface area contributed by atoms with Crippen molar-refractivity contribution in [2.45, 2.75) is 13.3 Å². The third-order valence-corrected chi connectivity index (χ3v) is 3.09. The van der Waals surface area contributed by atoms with Crippen molar-refractivity contribution in [3.63, 3.8) is 0 Å². The summed E-state index contributed by atoms with van der Waals surface area (Å²) in [4.78, 5) is 17.7. The molecular formula is C16H16N4O3. The zero-order valence-electron chi connectivity index (χ0n) is 12.5. The van der Waals surface area contributed by atoms with Crippen LogP contribution < -0.4 is 10.2 Å². The number of nitrogens with zero attached hydrogens (tertiary/aromatic N) is 2. The van der Waals surface area contributed by atoms with Crippen LogP contribution in [0.3, 0.4) is 0 Å². The number of hydrogen-bond acceptors (Lipinski definition) is 5. The Morgan fingerprint density at radius 3 is 2.78 bits per heavy atom. The van der Waals surface area contributed by atoms with Crippen molar-refractivity contribution in [1.82, 2.24) is 9.97 Å². The number of aromatic nitrogens is 2. The van der Waals surface area contributed by atoms with E-state index in [1.165, 1.54) is 0 Å². The molecule has 0 saturated heterocycles. The van der Waals surface area contributed by atoms with E-state index >= 15 is 0 Å². The van der Waals surface area contributed by atoms with E-state index in [2.05, 4.69) is 16.0 Å². The smallest absolute Gasteiger partial charge is 0.354 e. The van der Waals surface area contributed by atoms with Crippen LogP contribution in [0.4, 0.5) is 0 Å². The fourth-order valence-corrected chi connectivity index (χ4v) is 1.89. The van der Waals surface area contributed by atoms with Crippen molar-refractivity contribution >= 4 is 5.97 Å². The Kier molecular flexibility index (Phi) is 5.10. The molecular weight excluding hydrogens is 296 g/mol. The molecule has 0 aliphatic carbocycles. The minimum atomic E-state index is -1.18. The van der Waals surface area contributed by atoms with Crippen molar-refractivity contribution in [3.05, 3.63) is 41.5 Å². The van der Waals surface area contributed by atoms with Crippen LogP contribution in [0.2, 0.25) is 0 Å². The summed E-state index contributed by atoms with van der Waals surface area (Å²) in [6.45, 7) is 2.38. The van der Waals surface area contributed by atoms with Gasteiger partial charge in [0.15, 0.2) is 5.69 Å². The third-order valence-electron chi connectivity index (χ3n) is 3.09. The maximum absolute atomic E-state index is 11.0. The number of hydrogen-bond donors (Lipinski definition) is 3. The van der Waals surface area contributed by atoms with Crippen LogP contribution >= 0.6 is 0 Å². The number of nitrogens with one attached hydrogen (secondary N) is 2. The van der Waals surface area contributed by atoms with Gasteiger partial charge >= 0.3 is 5.97 Å². The summed E-state index contributed by atoms with van der Waals surface area (Å²) in [6, 6.07) is 10.2. The molecule has 0 aliphatic rings. The topological polar surface area (TPSA) is 123 Å². The molecule has 0 aliphatic heterocycles. The lowest BCUT2D eigenvalue weighted by molar-refractivity contribution is 0.0690. The normalized spacial score (nSPS) is 11.5. The van der Waals surface area contributed by atoms with E-state index in [1.54, 1.807) is 24.3 Å². The second-order valence-corrected chi connectivity index (χ2v) is 5.14. The molecule has 1 aromatic heterocycles. The Balaban J connectivity index is 2.15. The van der Waals surface area contributed by atoms with Gasteiger partial charge in [0.2, 0.25) is 0 Å². The minimum Gasteiger partial charge on any atom is -0.493 e. The number of rotatable bonds is 6.